The molecule has 1 N–H and O–H groups in total. The molecule has 0 heterocycles. The molecule has 6 heteroatoms. The van der Waals surface area contributed by atoms with E-state index in [1.165, 1.54) is 0 Å². The van der Waals surface area contributed by atoms with Gasteiger partial charge in [0.15, 0.2) is 0 Å². The van der Waals surface area contributed by atoms with E-state index in [2.05, 4.69) is 4.74 Å². The van der Waals surface area contributed by atoms with Gasteiger partial charge >= 0.3 is 11.0 Å². The highest BCUT2D eigenvalue weighted by atomic mass is 32.2. The van der Waals surface area contributed by atoms with Crippen LogP contribution >= 0.6 is 0 Å². The molecule has 0 aliphatic carbocycles. The Balaban J connectivity index is 5.40. The van der Waals surface area contributed by atoms with Gasteiger partial charge in [-0.25, -0.2) is 9.18 Å². The maximum absolute atomic E-state index is 14.6. The minimum Gasteiger partial charge on any atom is -0.466 e. The second-order valence-corrected chi connectivity index (χ2v) is 7.18. The Morgan fingerprint density at radius 1 is 1.47 bits per heavy atom. The molecule has 0 aromatic rings. The van der Waals surface area contributed by atoms with Crippen molar-refractivity contribution in [3.05, 3.63) is 0 Å². The molecule has 4 nitrogen and oxygen atoms in total. The van der Waals surface area contributed by atoms with Crippen molar-refractivity contribution in [3.8, 4) is 0 Å². The third-order valence-corrected chi connectivity index (χ3v) is 4.37. The number of ether oxygens (including phenoxy) is 1. The molecule has 102 valence electrons. The number of aliphatic hydroxyl groups excluding tert-OH is 1. The van der Waals surface area contributed by atoms with Gasteiger partial charge in [0.25, 0.3) is 0 Å². The predicted octanol–water partition coefficient (Wildman–Crippen LogP) is 1.53. The van der Waals surface area contributed by atoms with Crippen LogP contribution in [0.1, 0.15) is 40.5 Å². The molecule has 0 bridgehead atoms. The summed E-state index contributed by atoms with van der Waals surface area (Å²) in [6, 6.07) is 0. The van der Waals surface area contributed by atoms with E-state index in [1.54, 1.807) is 27.7 Å². The van der Waals surface area contributed by atoms with Crippen molar-refractivity contribution in [2.45, 2.75) is 56.4 Å². The van der Waals surface area contributed by atoms with Gasteiger partial charge in [0, 0.05) is 4.75 Å². The van der Waals surface area contributed by atoms with Crippen LogP contribution in [0.15, 0.2) is 0 Å². The molecule has 0 rings (SSSR count). The zero-order valence-electron chi connectivity index (χ0n) is 10.9. The fraction of sp³-hybridized carbons (Fsp3) is 0.909. The monoisotopic (exact) mass is 268 g/mol. The van der Waals surface area contributed by atoms with Crippen molar-refractivity contribution in [3.63, 3.8) is 0 Å². The largest absolute Gasteiger partial charge is 0.466 e. The van der Waals surface area contributed by atoms with E-state index in [4.69, 9.17) is 0 Å². The van der Waals surface area contributed by atoms with Gasteiger partial charge in [-0.05, 0) is 27.2 Å². The quantitative estimate of drug-likeness (QED) is 0.768. The summed E-state index contributed by atoms with van der Waals surface area (Å²) in [6.45, 7) is 6.36. The molecule has 0 aromatic heterocycles. The zero-order valence-corrected chi connectivity index (χ0v) is 11.8. The highest BCUT2D eigenvalue weighted by Crippen LogP contribution is 2.32. The number of alkyl halides is 1. The highest BCUT2D eigenvalue weighted by Gasteiger charge is 2.55. The Hall–Kier alpha value is -0.490. The van der Waals surface area contributed by atoms with Crippen LogP contribution in [0.2, 0.25) is 0 Å². The molecule has 3 atom stereocenters. The second kappa shape index (κ2) is 5.91. The van der Waals surface area contributed by atoms with E-state index in [1.807, 2.05) is 0 Å². The van der Waals surface area contributed by atoms with Crippen LogP contribution in [0.25, 0.3) is 0 Å². The first-order valence-electron chi connectivity index (χ1n) is 5.49. The lowest BCUT2D eigenvalue weighted by atomic mass is 10.1. The SMILES string of the molecule is CCC[C@H](O)[C@@](F)(C(=O)OC)S(=O)C(C)(C)C. The van der Waals surface area contributed by atoms with E-state index < -0.39 is 32.6 Å². The summed E-state index contributed by atoms with van der Waals surface area (Å²) < 4.78 is 30.1. The van der Waals surface area contributed by atoms with E-state index in [0.29, 0.717) is 6.42 Å². The molecule has 1 unspecified atom stereocenters. The van der Waals surface area contributed by atoms with E-state index in [0.717, 1.165) is 7.11 Å². The standard InChI is InChI=1S/C11H21FO4S/c1-6-7-8(13)11(12,9(14)16-5)17(15)10(2,3)4/h8,13H,6-7H2,1-5H3/t8-,11-,17?/m0/s1. The molecule has 0 saturated carbocycles. The van der Waals surface area contributed by atoms with Gasteiger partial charge in [0.2, 0.25) is 0 Å². The topological polar surface area (TPSA) is 63.6 Å². The van der Waals surface area contributed by atoms with E-state index in [-0.39, 0.29) is 6.42 Å². The lowest BCUT2D eigenvalue weighted by Gasteiger charge is -2.32. The first-order chi connectivity index (χ1) is 7.62. The van der Waals surface area contributed by atoms with Gasteiger partial charge in [0.05, 0.1) is 17.9 Å². The first-order valence-corrected chi connectivity index (χ1v) is 6.64. The van der Waals surface area contributed by atoms with Crippen molar-refractivity contribution < 1.29 is 23.2 Å². The summed E-state index contributed by atoms with van der Waals surface area (Å²) in [5.74, 6) is -1.29. The summed E-state index contributed by atoms with van der Waals surface area (Å²) in [7, 11) is -1.18. The van der Waals surface area contributed by atoms with Crippen molar-refractivity contribution >= 4 is 16.8 Å². The van der Waals surface area contributed by atoms with Gasteiger partial charge < -0.3 is 9.84 Å². The Morgan fingerprint density at radius 3 is 2.24 bits per heavy atom. The Bertz CT molecular complexity index is 300. The van der Waals surface area contributed by atoms with Gasteiger partial charge in [-0.15, -0.1) is 0 Å². The van der Waals surface area contributed by atoms with Crippen molar-refractivity contribution in [2.75, 3.05) is 7.11 Å². The van der Waals surface area contributed by atoms with Crippen LogP contribution in [0.5, 0.6) is 0 Å². The Morgan fingerprint density at radius 2 is 1.94 bits per heavy atom. The molecule has 0 spiro atoms. The molecule has 0 saturated heterocycles. The highest BCUT2D eigenvalue weighted by molar-refractivity contribution is 7.88. The van der Waals surface area contributed by atoms with Gasteiger partial charge in [-0.2, -0.15) is 0 Å². The summed E-state index contributed by atoms with van der Waals surface area (Å²) in [6.07, 6.45) is -1.10. The maximum atomic E-state index is 14.6. The number of hydrogen-bond acceptors (Lipinski definition) is 4. The van der Waals surface area contributed by atoms with E-state index >= 15 is 0 Å². The molecule has 0 radical (unpaired) electrons. The van der Waals surface area contributed by atoms with Crippen LogP contribution in [0, 0.1) is 0 Å². The van der Waals surface area contributed by atoms with Crippen LogP contribution in [0.3, 0.4) is 0 Å². The number of aliphatic hydroxyl groups is 1. The van der Waals surface area contributed by atoms with Crippen molar-refractivity contribution in [1.29, 1.82) is 0 Å². The van der Waals surface area contributed by atoms with Crippen LogP contribution < -0.4 is 0 Å². The molecule has 0 aromatic carbocycles. The summed E-state index contributed by atoms with van der Waals surface area (Å²) in [5.41, 5.74) is 0. The second-order valence-electron chi connectivity index (χ2n) is 4.82. The lowest BCUT2D eigenvalue weighted by Crippen LogP contribution is -2.54. The number of esters is 1. The number of methoxy groups -OCH3 is 1. The van der Waals surface area contributed by atoms with Crippen LogP contribution in [-0.2, 0) is 20.3 Å². The number of rotatable bonds is 5. The lowest BCUT2D eigenvalue weighted by molar-refractivity contribution is -0.154. The third kappa shape index (κ3) is 3.48. The number of carbonyl (C=O) groups is 1. The molecule has 0 amide bonds. The molecule has 17 heavy (non-hydrogen) atoms. The molecular weight excluding hydrogens is 247 g/mol. The van der Waals surface area contributed by atoms with Gasteiger partial charge in [-0.3, -0.25) is 4.21 Å². The molecule has 0 aliphatic rings. The van der Waals surface area contributed by atoms with Crippen molar-refractivity contribution in [1.82, 2.24) is 0 Å². The Labute approximate surface area is 104 Å². The summed E-state index contributed by atoms with van der Waals surface area (Å²) >= 11 is 0. The number of hydrogen-bond donors (Lipinski definition) is 1. The van der Waals surface area contributed by atoms with Crippen LogP contribution in [0.4, 0.5) is 4.39 Å². The minimum absolute atomic E-state index is 0.0490. The summed E-state index contributed by atoms with van der Waals surface area (Å²) in [4.78, 5) is 11.5. The first kappa shape index (κ1) is 16.5. The predicted molar refractivity (Wildman–Crippen MR) is 64.7 cm³/mol. The average Bonchev–Trinajstić information content (AvgIpc) is 2.24. The summed E-state index contributed by atoms with van der Waals surface area (Å²) in [5, 5.41) is 6.86. The smallest absolute Gasteiger partial charge is 0.359 e. The number of halogens is 1. The zero-order chi connectivity index (χ0) is 13.9. The third-order valence-electron chi connectivity index (χ3n) is 2.28. The number of carbonyl (C=O) groups excluding carboxylic acids is 1. The fourth-order valence-corrected chi connectivity index (χ4v) is 2.87. The average molecular weight is 268 g/mol. The maximum Gasteiger partial charge on any atom is 0.359 e. The molecule has 0 aliphatic heterocycles. The Kier molecular flexibility index (Phi) is 5.74. The molecule has 0 fully saturated rings. The van der Waals surface area contributed by atoms with Gasteiger partial charge in [-0.1, -0.05) is 13.3 Å². The van der Waals surface area contributed by atoms with Crippen molar-refractivity contribution in [2.24, 2.45) is 0 Å². The van der Waals surface area contributed by atoms with Gasteiger partial charge in [0.1, 0.15) is 6.10 Å². The van der Waals surface area contributed by atoms with Crippen LogP contribution in [-0.4, -0.2) is 38.2 Å². The van der Waals surface area contributed by atoms with E-state index in [9.17, 15) is 18.5 Å². The molecular formula is C11H21FO4S. The normalized spacial score (nSPS) is 19.2. The minimum atomic E-state index is -2.87. The fourth-order valence-electron chi connectivity index (χ4n) is 1.38.